The lowest BCUT2D eigenvalue weighted by atomic mass is 9.72. The molecule has 0 aromatic carbocycles. The third-order valence-electron chi connectivity index (χ3n) is 4.42. The zero-order valence-electron chi connectivity index (χ0n) is 12.7. The van der Waals surface area contributed by atoms with Gasteiger partial charge in [-0.15, -0.1) is 6.42 Å². The van der Waals surface area contributed by atoms with Crippen LogP contribution in [0.25, 0.3) is 0 Å². The number of hydrogen-bond acceptors (Lipinski definition) is 3. The van der Waals surface area contributed by atoms with Crippen LogP contribution in [-0.4, -0.2) is 23.7 Å². The summed E-state index contributed by atoms with van der Waals surface area (Å²) in [5, 5.41) is 9.68. The largest absolute Gasteiger partial charge is 0.481 e. The molecule has 2 atom stereocenters. The van der Waals surface area contributed by atoms with Crippen LogP contribution in [0.2, 0.25) is 0 Å². The number of carboxylic acid groups (broad SMARTS) is 1. The first-order valence-electron chi connectivity index (χ1n) is 6.55. The molecular weight excluding hydrogens is 256 g/mol. The number of rotatable bonds is 4. The van der Waals surface area contributed by atoms with E-state index in [1.54, 1.807) is 6.08 Å². The van der Waals surface area contributed by atoms with Gasteiger partial charge in [-0.1, -0.05) is 46.6 Å². The lowest BCUT2D eigenvalue weighted by Gasteiger charge is -2.30. The monoisotopic (exact) mass is 278 g/mol. The highest BCUT2D eigenvalue weighted by atomic mass is 16.5. The van der Waals surface area contributed by atoms with E-state index >= 15 is 0 Å². The Morgan fingerprint density at radius 1 is 1.40 bits per heavy atom. The van der Waals surface area contributed by atoms with Gasteiger partial charge in [0.05, 0.1) is 5.41 Å². The van der Waals surface area contributed by atoms with Gasteiger partial charge in [-0.25, -0.2) is 4.79 Å². The number of ether oxygens (including phenoxy) is 1. The number of allylic oxidation sites excluding steroid dienone is 1. The molecular formula is C16H22O4. The Balaban J connectivity index is 2.98. The topological polar surface area (TPSA) is 63.6 Å². The highest BCUT2D eigenvalue weighted by Gasteiger charge is 2.79. The summed E-state index contributed by atoms with van der Waals surface area (Å²) in [5.41, 5.74) is -1.72. The van der Waals surface area contributed by atoms with Gasteiger partial charge in [-0.05, 0) is 10.8 Å². The lowest BCUT2D eigenvalue weighted by molar-refractivity contribution is -0.150. The van der Waals surface area contributed by atoms with Crippen molar-refractivity contribution in [3.05, 3.63) is 12.2 Å². The van der Waals surface area contributed by atoms with Crippen LogP contribution >= 0.6 is 0 Å². The van der Waals surface area contributed by atoms with E-state index in [4.69, 9.17) is 11.2 Å². The van der Waals surface area contributed by atoms with Crippen molar-refractivity contribution in [3.63, 3.8) is 0 Å². The summed E-state index contributed by atoms with van der Waals surface area (Å²) in [6.07, 6.45) is 7.91. The fourth-order valence-corrected chi connectivity index (χ4v) is 3.69. The maximum absolute atomic E-state index is 11.8. The van der Waals surface area contributed by atoms with Crippen molar-refractivity contribution < 1.29 is 19.4 Å². The molecule has 0 radical (unpaired) electrons. The van der Waals surface area contributed by atoms with Crippen molar-refractivity contribution in [1.82, 2.24) is 0 Å². The van der Waals surface area contributed by atoms with Crippen molar-refractivity contribution in [2.75, 3.05) is 6.61 Å². The maximum Gasteiger partial charge on any atom is 0.331 e. The van der Waals surface area contributed by atoms with Crippen LogP contribution in [0.15, 0.2) is 12.2 Å². The third-order valence-corrected chi connectivity index (χ3v) is 4.42. The molecule has 0 amide bonds. The van der Waals surface area contributed by atoms with Crippen molar-refractivity contribution >= 4 is 11.9 Å². The Hall–Kier alpha value is -1.76. The Kier molecular flexibility index (Phi) is 4.05. The Morgan fingerprint density at radius 3 is 2.30 bits per heavy atom. The van der Waals surface area contributed by atoms with Gasteiger partial charge < -0.3 is 9.84 Å². The molecule has 1 aliphatic carbocycles. The number of carboxylic acids is 1. The van der Waals surface area contributed by atoms with Crippen LogP contribution in [-0.2, 0) is 14.3 Å². The number of esters is 1. The number of aliphatic carboxylic acids is 1. The molecule has 20 heavy (non-hydrogen) atoms. The molecule has 1 aliphatic rings. The molecule has 1 fully saturated rings. The molecule has 0 aromatic rings. The van der Waals surface area contributed by atoms with Gasteiger partial charge in [-0.3, -0.25) is 4.79 Å². The number of hydrogen-bond donors (Lipinski definition) is 1. The summed E-state index contributed by atoms with van der Waals surface area (Å²) in [6, 6.07) is 0. The molecule has 0 spiro atoms. The fourth-order valence-electron chi connectivity index (χ4n) is 3.69. The van der Waals surface area contributed by atoms with Gasteiger partial charge in [0.15, 0.2) is 6.61 Å². The molecule has 110 valence electrons. The number of carbonyl (C=O) groups excluding carboxylic acids is 1. The minimum absolute atomic E-state index is 0.0828. The van der Waals surface area contributed by atoms with E-state index in [-0.39, 0.29) is 12.5 Å². The number of carbonyl (C=O) groups is 2. The van der Waals surface area contributed by atoms with Crippen LogP contribution in [0.4, 0.5) is 0 Å². The fraction of sp³-hybridized carbons (Fsp3) is 0.625. The molecule has 4 heteroatoms. The molecule has 1 rings (SSSR count). The van der Waals surface area contributed by atoms with Crippen molar-refractivity contribution in [3.8, 4) is 12.3 Å². The third kappa shape index (κ3) is 2.22. The first-order valence-corrected chi connectivity index (χ1v) is 6.55. The summed E-state index contributed by atoms with van der Waals surface area (Å²) in [5.74, 6) is 0.614. The molecule has 0 bridgehead atoms. The van der Waals surface area contributed by atoms with Crippen LogP contribution in [0.5, 0.6) is 0 Å². The highest BCUT2D eigenvalue weighted by Crippen LogP contribution is 2.76. The van der Waals surface area contributed by atoms with Gasteiger partial charge in [0, 0.05) is 12.0 Å². The number of terminal acetylenes is 1. The van der Waals surface area contributed by atoms with E-state index in [0.29, 0.717) is 0 Å². The molecule has 1 N–H and O–H groups in total. The van der Waals surface area contributed by atoms with E-state index < -0.39 is 28.2 Å². The highest BCUT2D eigenvalue weighted by molar-refractivity contribution is 5.85. The van der Waals surface area contributed by atoms with Crippen molar-refractivity contribution in [1.29, 1.82) is 0 Å². The SMILES string of the molecule is C#CCOC(=O)C=C[C@H]1C(C)(C)[C@]1(C(=O)O)C(C)(C)C. The van der Waals surface area contributed by atoms with Gasteiger partial charge in [0.1, 0.15) is 0 Å². The second kappa shape index (κ2) is 4.97. The molecule has 0 heterocycles. The second-order valence-corrected chi connectivity index (χ2v) is 6.73. The molecule has 0 aromatic heterocycles. The minimum Gasteiger partial charge on any atom is -0.481 e. The molecule has 4 nitrogen and oxygen atoms in total. The summed E-state index contributed by atoms with van der Waals surface area (Å²) in [4.78, 5) is 23.2. The van der Waals surface area contributed by atoms with E-state index in [2.05, 4.69) is 5.92 Å². The zero-order valence-corrected chi connectivity index (χ0v) is 12.7. The van der Waals surface area contributed by atoms with Gasteiger partial charge >= 0.3 is 11.9 Å². The van der Waals surface area contributed by atoms with E-state index in [1.165, 1.54) is 6.08 Å². The minimum atomic E-state index is -0.886. The summed E-state index contributed by atoms with van der Waals surface area (Å²) in [6.45, 7) is 9.47. The summed E-state index contributed by atoms with van der Waals surface area (Å²) >= 11 is 0. The van der Waals surface area contributed by atoms with E-state index in [1.807, 2.05) is 34.6 Å². The Bertz CT molecular complexity index is 488. The average molecular weight is 278 g/mol. The second-order valence-electron chi connectivity index (χ2n) is 6.73. The van der Waals surface area contributed by atoms with Crippen LogP contribution in [0, 0.1) is 34.5 Å². The lowest BCUT2D eigenvalue weighted by Crippen LogP contribution is -2.35. The molecule has 1 saturated carbocycles. The summed E-state index contributed by atoms with van der Waals surface area (Å²) < 4.78 is 4.74. The zero-order chi connectivity index (χ0) is 15.8. The van der Waals surface area contributed by atoms with Gasteiger partial charge in [0.25, 0.3) is 0 Å². The Morgan fingerprint density at radius 2 is 1.95 bits per heavy atom. The van der Waals surface area contributed by atoms with Crippen molar-refractivity contribution in [2.24, 2.45) is 22.2 Å². The summed E-state index contributed by atoms with van der Waals surface area (Å²) in [7, 11) is 0. The normalized spacial score (nSPS) is 27.9. The van der Waals surface area contributed by atoms with Crippen LogP contribution in [0.3, 0.4) is 0 Å². The van der Waals surface area contributed by atoms with Crippen LogP contribution < -0.4 is 0 Å². The first kappa shape index (κ1) is 16.3. The van der Waals surface area contributed by atoms with Gasteiger partial charge in [0.2, 0.25) is 0 Å². The molecule has 0 unspecified atom stereocenters. The predicted octanol–water partition coefficient (Wildman–Crippen LogP) is 2.49. The standard InChI is InChI=1S/C16H22O4/c1-7-10-20-12(17)9-8-11-15(5,6)16(11,13(18)19)14(2,3)4/h1,8-9,11H,10H2,2-6H3,(H,18,19)/t11-,16+/m0/s1. The van der Waals surface area contributed by atoms with Crippen LogP contribution in [0.1, 0.15) is 34.6 Å². The molecule has 0 aliphatic heterocycles. The van der Waals surface area contributed by atoms with Gasteiger partial charge in [-0.2, -0.15) is 0 Å². The Labute approximate surface area is 120 Å². The van der Waals surface area contributed by atoms with E-state index in [9.17, 15) is 14.7 Å². The molecule has 0 saturated heterocycles. The van der Waals surface area contributed by atoms with E-state index in [0.717, 1.165) is 0 Å². The maximum atomic E-state index is 11.8. The van der Waals surface area contributed by atoms with Crippen molar-refractivity contribution in [2.45, 2.75) is 34.6 Å². The first-order chi connectivity index (χ1) is 9.03. The quantitative estimate of drug-likeness (QED) is 0.487. The average Bonchev–Trinajstić information content (AvgIpc) is 2.80. The predicted molar refractivity (Wildman–Crippen MR) is 75.7 cm³/mol. The smallest absolute Gasteiger partial charge is 0.331 e.